The van der Waals surface area contributed by atoms with Gasteiger partial charge >= 0.3 is 5.97 Å². The minimum atomic E-state index is -0.427. The number of ether oxygens (including phenoxy) is 1. The third-order valence-corrected chi connectivity index (χ3v) is 1.98. The van der Waals surface area contributed by atoms with Gasteiger partial charge in [0.25, 0.3) is 0 Å². The van der Waals surface area contributed by atoms with Crippen LogP contribution in [0.25, 0.3) is 0 Å². The Morgan fingerprint density at radius 3 is 2.53 bits per heavy atom. The molecule has 1 atom stereocenters. The molecule has 0 aromatic heterocycles. The highest BCUT2D eigenvalue weighted by Crippen LogP contribution is 2.10. The number of hydrogen-bond acceptors (Lipinski definition) is 3. The zero-order chi connectivity index (χ0) is 13.3. The first-order valence-electron chi connectivity index (χ1n) is 5.77. The van der Waals surface area contributed by atoms with Crippen LogP contribution in [0.5, 0.6) is 0 Å². The molecule has 0 rings (SSSR count). The lowest BCUT2D eigenvalue weighted by molar-refractivity contribution is -0.137. The summed E-state index contributed by atoms with van der Waals surface area (Å²) in [6, 6.07) is 0. The number of rotatable bonds is 6. The molecule has 0 aromatic rings. The van der Waals surface area contributed by atoms with Crippen molar-refractivity contribution in [3.05, 3.63) is 23.9 Å². The fourth-order valence-electron chi connectivity index (χ4n) is 1.44. The van der Waals surface area contributed by atoms with Crippen LogP contribution < -0.4 is 5.32 Å². The molecule has 1 N–H and O–H groups in total. The Morgan fingerprint density at radius 2 is 2.06 bits per heavy atom. The largest absolute Gasteiger partial charge is 0.463 e. The van der Waals surface area contributed by atoms with Gasteiger partial charge in [-0.1, -0.05) is 19.1 Å². The number of amides is 1. The Balaban J connectivity index is 4.62. The van der Waals surface area contributed by atoms with Gasteiger partial charge in [0.1, 0.15) is 0 Å². The maximum absolute atomic E-state index is 11.3. The van der Waals surface area contributed by atoms with E-state index >= 15 is 0 Å². The number of carbonyl (C=O) groups excluding carboxylic acids is 2. The molecule has 0 aliphatic carbocycles. The molecule has 0 heterocycles. The summed E-state index contributed by atoms with van der Waals surface area (Å²) < 4.78 is 4.81. The van der Waals surface area contributed by atoms with E-state index < -0.39 is 5.97 Å². The maximum atomic E-state index is 11.3. The Labute approximate surface area is 103 Å². The van der Waals surface area contributed by atoms with Crippen LogP contribution >= 0.6 is 0 Å². The summed E-state index contributed by atoms with van der Waals surface area (Å²) in [5.74, 6) is -0.357. The lowest BCUT2D eigenvalue weighted by Crippen LogP contribution is -2.21. The zero-order valence-corrected chi connectivity index (χ0v) is 10.9. The number of allylic oxidation sites excluding steroid dienone is 3. The molecule has 4 heteroatoms. The minimum Gasteiger partial charge on any atom is -0.463 e. The van der Waals surface area contributed by atoms with Gasteiger partial charge in [-0.05, 0) is 26.2 Å². The van der Waals surface area contributed by atoms with Gasteiger partial charge in [0.05, 0.1) is 6.61 Å². The molecule has 0 saturated carbocycles. The van der Waals surface area contributed by atoms with Gasteiger partial charge in [-0.2, -0.15) is 0 Å². The zero-order valence-electron chi connectivity index (χ0n) is 10.9. The summed E-state index contributed by atoms with van der Waals surface area (Å²) in [7, 11) is 0. The van der Waals surface area contributed by atoms with Gasteiger partial charge in [-0.25, -0.2) is 4.79 Å². The normalized spacial score (nSPS) is 13.5. The van der Waals surface area contributed by atoms with Crippen molar-refractivity contribution in [2.45, 2.75) is 34.1 Å². The Bertz CT molecular complexity index is 319. The molecule has 17 heavy (non-hydrogen) atoms. The lowest BCUT2D eigenvalue weighted by atomic mass is 10.0. The molecule has 0 aliphatic rings. The number of hydrogen-bond donors (Lipinski definition) is 1. The minimum absolute atomic E-state index is 0.187. The van der Waals surface area contributed by atoms with Crippen LogP contribution in [0.4, 0.5) is 0 Å². The number of carbonyl (C=O) groups is 2. The van der Waals surface area contributed by atoms with Crippen molar-refractivity contribution in [2.75, 3.05) is 6.61 Å². The van der Waals surface area contributed by atoms with Gasteiger partial charge in [0, 0.05) is 18.7 Å². The molecule has 1 amide bonds. The molecule has 1 unspecified atom stereocenters. The molecule has 0 aromatic carbocycles. The van der Waals surface area contributed by atoms with E-state index in [0.717, 1.165) is 0 Å². The molecular weight excluding hydrogens is 218 g/mol. The molecule has 96 valence electrons. The molecular formula is C13H21NO3. The summed E-state index contributed by atoms with van der Waals surface area (Å²) in [6.07, 6.45) is 5.90. The van der Waals surface area contributed by atoms with Crippen LogP contribution in [-0.4, -0.2) is 18.5 Å². The summed E-state index contributed by atoms with van der Waals surface area (Å²) in [5, 5.41) is 2.65. The second-order valence-corrected chi connectivity index (χ2v) is 3.81. The summed E-state index contributed by atoms with van der Waals surface area (Å²) in [5.41, 5.74) is 0.585. The van der Waals surface area contributed by atoms with Crippen LogP contribution in [0.2, 0.25) is 0 Å². The monoisotopic (exact) mass is 239 g/mol. The van der Waals surface area contributed by atoms with E-state index in [0.29, 0.717) is 18.7 Å². The average molecular weight is 239 g/mol. The molecule has 0 radical (unpaired) electrons. The van der Waals surface area contributed by atoms with Gasteiger partial charge < -0.3 is 10.1 Å². The summed E-state index contributed by atoms with van der Waals surface area (Å²) >= 11 is 0. The summed E-state index contributed by atoms with van der Waals surface area (Å²) in [6.45, 7) is 7.43. The van der Waals surface area contributed by atoms with Gasteiger partial charge in [-0.15, -0.1) is 0 Å². The number of esters is 1. The molecule has 0 fully saturated rings. The lowest BCUT2D eigenvalue weighted by Gasteiger charge is -2.11. The van der Waals surface area contributed by atoms with Crippen molar-refractivity contribution in [3.8, 4) is 0 Å². The molecule has 0 saturated heterocycles. The van der Waals surface area contributed by atoms with E-state index in [1.54, 1.807) is 6.92 Å². The van der Waals surface area contributed by atoms with Crippen LogP contribution in [0.15, 0.2) is 23.9 Å². The summed E-state index contributed by atoms with van der Waals surface area (Å²) in [4.78, 5) is 22.3. The predicted molar refractivity (Wildman–Crippen MR) is 67.1 cm³/mol. The van der Waals surface area contributed by atoms with Crippen LogP contribution in [0.1, 0.15) is 34.1 Å². The first-order valence-corrected chi connectivity index (χ1v) is 5.77. The van der Waals surface area contributed by atoms with E-state index in [1.807, 2.05) is 26.0 Å². The van der Waals surface area contributed by atoms with Crippen LogP contribution in [0, 0.1) is 5.92 Å². The SMILES string of the molecule is CC=CC(C)C/C(=C/C(=O)OCC)NC(C)=O. The maximum Gasteiger partial charge on any atom is 0.332 e. The second-order valence-electron chi connectivity index (χ2n) is 3.81. The van der Waals surface area contributed by atoms with E-state index in [2.05, 4.69) is 5.32 Å². The Morgan fingerprint density at radius 1 is 1.41 bits per heavy atom. The van der Waals surface area contributed by atoms with Crippen molar-refractivity contribution in [1.29, 1.82) is 0 Å². The second kappa shape index (κ2) is 8.56. The van der Waals surface area contributed by atoms with Crippen molar-refractivity contribution in [2.24, 2.45) is 5.92 Å². The number of nitrogens with one attached hydrogen (secondary N) is 1. The Kier molecular flexibility index (Phi) is 7.76. The van der Waals surface area contributed by atoms with Gasteiger partial charge in [-0.3, -0.25) is 4.79 Å². The van der Waals surface area contributed by atoms with E-state index in [4.69, 9.17) is 4.74 Å². The quantitative estimate of drug-likeness (QED) is 0.439. The first-order chi connectivity index (χ1) is 7.99. The van der Waals surface area contributed by atoms with E-state index in [9.17, 15) is 9.59 Å². The predicted octanol–water partition coefficient (Wildman–Crippen LogP) is 2.17. The van der Waals surface area contributed by atoms with Crippen LogP contribution in [0.3, 0.4) is 0 Å². The van der Waals surface area contributed by atoms with Crippen molar-refractivity contribution >= 4 is 11.9 Å². The molecule has 0 aliphatic heterocycles. The average Bonchev–Trinajstić information content (AvgIpc) is 2.16. The van der Waals surface area contributed by atoms with Crippen molar-refractivity contribution in [1.82, 2.24) is 5.32 Å². The van der Waals surface area contributed by atoms with E-state index in [1.165, 1.54) is 13.0 Å². The topological polar surface area (TPSA) is 55.4 Å². The standard InChI is InChI=1S/C13H21NO3/c1-5-7-10(3)8-12(14-11(4)15)9-13(16)17-6-2/h5,7,9-10H,6,8H2,1-4H3,(H,14,15)/b7-5?,12-9-. The highest BCUT2D eigenvalue weighted by molar-refractivity contribution is 5.84. The third-order valence-electron chi connectivity index (χ3n) is 1.98. The highest BCUT2D eigenvalue weighted by Gasteiger charge is 2.07. The fourth-order valence-corrected chi connectivity index (χ4v) is 1.44. The van der Waals surface area contributed by atoms with Crippen molar-refractivity contribution in [3.63, 3.8) is 0 Å². The molecule has 0 spiro atoms. The van der Waals surface area contributed by atoms with E-state index in [-0.39, 0.29) is 11.8 Å². The van der Waals surface area contributed by atoms with Crippen molar-refractivity contribution < 1.29 is 14.3 Å². The fraction of sp³-hybridized carbons (Fsp3) is 0.538. The third kappa shape index (κ3) is 8.25. The van der Waals surface area contributed by atoms with Gasteiger partial charge in [0.2, 0.25) is 5.91 Å². The smallest absolute Gasteiger partial charge is 0.332 e. The van der Waals surface area contributed by atoms with Crippen LogP contribution in [-0.2, 0) is 14.3 Å². The molecule has 0 bridgehead atoms. The first kappa shape index (κ1) is 15.4. The highest BCUT2D eigenvalue weighted by atomic mass is 16.5. The molecule has 4 nitrogen and oxygen atoms in total. The Hall–Kier alpha value is -1.58. The van der Waals surface area contributed by atoms with Gasteiger partial charge in [0.15, 0.2) is 0 Å².